The van der Waals surface area contributed by atoms with Crippen molar-refractivity contribution in [2.24, 2.45) is 0 Å². The van der Waals surface area contributed by atoms with Gasteiger partial charge < -0.3 is 14.7 Å². The van der Waals surface area contributed by atoms with Gasteiger partial charge in [-0.05, 0) is 55.1 Å². The third-order valence-electron chi connectivity index (χ3n) is 6.63. The summed E-state index contributed by atoms with van der Waals surface area (Å²) in [6.07, 6.45) is 3.80. The first kappa shape index (κ1) is 19.2. The minimum Gasteiger partial charge on any atom is -0.508 e. The molecule has 0 radical (unpaired) electrons. The van der Waals surface area contributed by atoms with Crippen LogP contribution in [0.3, 0.4) is 0 Å². The quantitative estimate of drug-likeness (QED) is 0.629. The molecule has 3 heteroatoms. The predicted molar refractivity (Wildman–Crippen MR) is 120 cm³/mol. The Kier molecular flexibility index (Phi) is 5.46. The molecule has 2 aliphatic rings. The number of hydrogen-bond donors (Lipinski definition) is 1. The normalized spacial score (nSPS) is 21.2. The Morgan fingerprint density at radius 2 is 1.63 bits per heavy atom. The van der Waals surface area contributed by atoms with Gasteiger partial charge in [0.1, 0.15) is 11.5 Å². The van der Waals surface area contributed by atoms with Crippen LogP contribution in [0.5, 0.6) is 11.5 Å². The third kappa shape index (κ3) is 3.95. The number of aromatic hydroxyl groups is 1. The molecule has 1 unspecified atom stereocenters. The molecule has 0 saturated carbocycles. The Hall–Kier alpha value is -2.78. The van der Waals surface area contributed by atoms with Crippen molar-refractivity contribution in [2.45, 2.75) is 31.1 Å². The second kappa shape index (κ2) is 8.53. The van der Waals surface area contributed by atoms with Crippen LogP contribution in [0.4, 0.5) is 0 Å². The average Bonchev–Trinajstić information content (AvgIpc) is 3.31. The summed E-state index contributed by atoms with van der Waals surface area (Å²) in [6, 6.07) is 25.3. The van der Waals surface area contributed by atoms with Gasteiger partial charge in [0.2, 0.25) is 0 Å². The van der Waals surface area contributed by atoms with E-state index in [-0.39, 0.29) is 17.6 Å². The first-order chi connectivity index (χ1) is 14.8. The van der Waals surface area contributed by atoms with E-state index in [4.69, 9.17) is 4.74 Å². The maximum absolute atomic E-state index is 9.93. The van der Waals surface area contributed by atoms with Crippen LogP contribution in [0.25, 0.3) is 0 Å². The highest BCUT2D eigenvalue weighted by molar-refractivity contribution is 5.50. The maximum Gasteiger partial charge on any atom is 0.126 e. The highest BCUT2D eigenvalue weighted by Crippen LogP contribution is 2.46. The minimum atomic E-state index is 0.212. The van der Waals surface area contributed by atoms with Crippen LogP contribution >= 0.6 is 0 Å². The molecule has 0 amide bonds. The van der Waals surface area contributed by atoms with Gasteiger partial charge in [0.05, 0.1) is 6.61 Å². The number of fused-ring (bicyclic) bond motifs is 1. The number of rotatable bonds is 5. The van der Waals surface area contributed by atoms with Gasteiger partial charge in [-0.3, -0.25) is 0 Å². The first-order valence-corrected chi connectivity index (χ1v) is 11.1. The SMILES string of the molecule is Oc1ccc2c(c1)OC[C@H](c1ccccc1)C2c1ccc(CCN2CCCC2)cc1. The molecule has 5 rings (SSSR count). The molecule has 2 atom stereocenters. The fourth-order valence-corrected chi connectivity index (χ4v) is 4.98. The molecule has 0 aliphatic carbocycles. The fourth-order valence-electron chi connectivity index (χ4n) is 4.98. The monoisotopic (exact) mass is 399 g/mol. The summed E-state index contributed by atoms with van der Waals surface area (Å²) in [4.78, 5) is 2.57. The second-order valence-electron chi connectivity index (χ2n) is 8.57. The highest BCUT2D eigenvalue weighted by Gasteiger charge is 2.33. The van der Waals surface area contributed by atoms with E-state index in [1.165, 1.54) is 42.6 Å². The van der Waals surface area contributed by atoms with Gasteiger partial charge in [-0.25, -0.2) is 0 Å². The summed E-state index contributed by atoms with van der Waals surface area (Å²) in [5.41, 5.74) is 5.15. The van der Waals surface area contributed by atoms with E-state index in [0.717, 1.165) is 24.3 Å². The lowest BCUT2D eigenvalue weighted by Gasteiger charge is -2.34. The summed E-state index contributed by atoms with van der Waals surface area (Å²) in [7, 11) is 0. The smallest absolute Gasteiger partial charge is 0.126 e. The van der Waals surface area contributed by atoms with Crippen LogP contribution in [0.15, 0.2) is 72.8 Å². The van der Waals surface area contributed by atoms with Crippen molar-refractivity contribution >= 4 is 0 Å². The molecule has 3 nitrogen and oxygen atoms in total. The van der Waals surface area contributed by atoms with Crippen molar-refractivity contribution in [1.82, 2.24) is 4.90 Å². The summed E-state index contributed by atoms with van der Waals surface area (Å²) < 4.78 is 6.08. The van der Waals surface area contributed by atoms with E-state index in [1.54, 1.807) is 12.1 Å². The predicted octanol–water partition coefficient (Wildman–Crippen LogP) is 5.34. The number of benzene rings is 3. The van der Waals surface area contributed by atoms with Crippen LogP contribution in [0.2, 0.25) is 0 Å². The zero-order chi connectivity index (χ0) is 20.3. The molecule has 1 fully saturated rings. The summed E-state index contributed by atoms with van der Waals surface area (Å²) in [5.74, 6) is 1.51. The number of likely N-dealkylation sites (tertiary alicyclic amines) is 1. The largest absolute Gasteiger partial charge is 0.508 e. The lowest BCUT2D eigenvalue weighted by molar-refractivity contribution is 0.248. The van der Waals surface area contributed by atoms with Gasteiger partial charge in [0, 0.05) is 30.0 Å². The number of nitrogens with zero attached hydrogens (tertiary/aromatic N) is 1. The summed E-state index contributed by atoms with van der Waals surface area (Å²) in [6.45, 7) is 4.28. The van der Waals surface area contributed by atoms with Crippen LogP contribution in [-0.2, 0) is 6.42 Å². The van der Waals surface area contributed by atoms with E-state index < -0.39 is 0 Å². The van der Waals surface area contributed by atoms with Gasteiger partial charge >= 0.3 is 0 Å². The number of hydrogen-bond acceptors (Lipinski definition) is 3. The molecule has 3 aromatic carbocycles. The van der Waals surface area contributed by atoms with Crippen molar-refractivity contribution in [3.05, 3.63) is 95.1 Å². The molecule has 30 heavy (non-hydrogen) atoms. The second-order valence-corrected chi connectivity index (χ2v) is 8.57. The Bertz CT molecular complexity index is 978. The van der Waals surface area contributed by atoms with E-state index >= 15 is 0 Å². The lowest BCUT2D eigenvalue weighted by atomic mass is 9.75. The fraction of sp³-hybridized carbons (Fsp3) is 0.333. The third-order valence-corrected chi connectivity index (χ3v) is 6.63. The Balaban J connectivity index is 1.44. The van der Waals surface area contributed by atoms with Gasteiger partial charge in [-0.2, -0.15) is 0 Å². The first-order valence-electron chi connectivity index (χ1n) is 11.1. The number of phenols is 1. The molecule has 1 saturated heterocycles. The zero-order valence-corrected chi connectivity index (χ0v) is 17.3. The van der Waals surface area contributed by atoms with Crippen LogP contribution < -0.4 is 4.74 Å². The van der Waals surface area contributed by atoms with Crippen molar-refractivity contribution in [2.75, 3.05) is 26.2 Å². The standard InChI is InChI=1S/C27H29NO2/c29-23-12-13-24-26(18-23)30-19-25(21-6-2-1-3-7-21)27(24)22-10-8-20(9-11-22)14-17-28-15-4-5-16-28/h1-3,6-13,18,25,27,29H,4-5,14-17,19H2/t25-,27?/m1/s1. The van der Waals surface area contributed by atoms with Crippen molar-refractivity contribution in [3.8, 4) is 11.5 Å². The molecule has 1 N–H and O–H groups in total. The summed E-state index contributed by atoms with van der Waals surface area (Å²) in [5, 5.41) is 9.93. The van der Waals surface area contributed by atoms with Crippen LogP contribution in [0, 0.1) is 0 Å². The van der Waals surface area contributed by atoms with Gasteiger partial charge in [0.15, 0.2) is 0 Å². The molecule has 2 aliphatic heterocycles. The molecule has 2 heterocycles. The zero-order valence-electron chi connectivity index (χ0n) is 17.3. The van der Waals surface area contributed by atoms with Crippen LogP contribution in [-0.4, -0.2) is 36.2 Å². The maximum atomic E-state index is 9.93. The molecule has 154 valence electrons. The van der Waals surface area contributed by atoms with E-state index in [1.807, 2.05) is 6.07 Å². The molecule has 0 bridgehead atoms. The van der Waals surface area contributed by atoms with E-state index in [2.05, 4.69) is 59.5 Å². The molecular weight excluding hydrogens is 370 g/mol. The molecular formula is C27H29NO2. The molecule has 3 aromatic rings. The molecule has 0 spiro atoms. The Morgan fingerprint density at radius 3 is 2.40 bits per heavy atom. The Labute approximate surface area is 178 Å². The topological polar surface area (TPSA) is 32.7 Å². The highest BCUT2D eigenvalue weighted by atomic mass is 16.5. The molecule has 0 aromatic heterocycles. The average molecular weight is 400 g/mol. The van der Waals surface area contributed by atoms with Crippen molar-refractivity contribution in [3.63, 3.8) is 0 Å². The van der Waals surface area contributed by atoms with Gasteiger partial charge in [-0.15, -0.1) is 0 Å². The van der Waals surface area contributed by atoms with Crippen LogP contribution in [0.1, 0.15) is 46.9 Å². The van der Waals surface area contributed by atoms with Crippen molar-refractivity contribution in [1.29, 1.82) is 0 Å². The number of ether oxygens (including phenoxy) is 1. The minimum absolute atomic E-state index is 0.212. The lowest BCUT2D eigenvalue weighted by Crippen LogP contribution is -2.25. The van der Waals surface area contributed by atoms with Gasteiger partial charge in [0.25, 0.3) is 0 Å². The van der Waals surface area contributed by atoms with Gasteiger partial charge in [-0.1, -0.05) is 60.7 Å². The van der Waals surface area contributed by atoms with Crippen molar-refractivity contribution < 1.29 is 9.84 Å². The van der Waals surface area contributed by atoms with E-state index in [0.29, 0.717) is 6.61 Å². The number of phenolic OH excluding ortho intramolecular Hbond substituents is 1. The summed E-state index contributed by atoms with van der Waals surface area (Å²) >= 11 is 0. The Morgan fingerprint density at radius 1 is 0.867 bits per heavy atom. The van der Waals surface area contributed by atoms with E-state index in [9.17, 15) is 5.11 Å².